The molecule has 1 saturated heterocycles. The van der Waals surface area contributed by atoms with Gasteiger partial charge in [0.1, 0.15) is 6.10 Å². The fourth-order valence-corrected chi connectivity index (χ4v) is 5.54. The second kappa shape index (κ2) is 12.0. The lowest BCUT2D eigenvalue weighted by molar-refractivity contribution is -0.139. The van der Waals surface area contributed by atoms with Crippen molar-refractivity contribution in [1.82, 2.24) is 4.90 Å². The summed E-state index contributed by atoms with van der Waals surface area (Å²) in [5.74, 6) is -1.69. The van der Waals surface area contributed by atoms with E-state index in [0.29, 0.717) is 23.5 Å². The first-order valence-electron chi connectivity index (χ1n) is 13.1. The zero-order valence-electron chi connectivity index (χ0n) is 22.0. The predicted octanol–water partition coefficient (Wildman–Crippen LogP) is 3.07. The maximum Gasteiger partial charge on any atom is 0.264 e. The fourth-order valence-electron chi connectivity index (χ4n) is 5.18. The zero-order chi connectivity index (χ0) is 28.3. The number of amides is 3. The molecule has 9 nitrogen and oxygen atoms in total. The van der Waals surface area contributed by atoms with Crippen molar-refractivity contribution in [2.75, 3.05) is 23.4 Å². The molecule has 0 aromatic heterocycles. The van der Waals surface area contributed by atoms with Crippen molar-refractivity contribution < 1.29 is 29.7 Å². The van der Waals surface area contributed by atoms with Gasteiger partial charge in [-0.2, -0.15) is 0 Å². The summed E-state index contributed by atoms with van der Waals surface area (Å²) in [4.78, 5) is 41.4. The number of rotatable bonds is 9. The van der Waals surface area contributed by atoms with E-state index in [1.807, 2.05) is 6.07 Å². The summed E-state index contributed by atoms with van der Waals surface area (Å²) in [5.41, 5.74) is 0.549. The number of fused-ring (bicyclic) bond motifs is 1. The highest BCUT2D eigenvalue weighted by Crippen LogP contribution is 2.46. The zero-order valence-corrected chi connectivity index (χ0v) is 23.6. The molecule has 4 atom stereocenters. The molecule has 208 valence electrons. The summed E-state index contributed by atoms with van der Waals surface area (Å²) in [6.07, 6.45) is 4.04. The van der Waals surface area contributed by atoms with E-state index in [4.69, 9.17) is 0 Å². The number of halogens is 1. The van der Waals surface area contributed by atoms with Crippen LogP contribution in [0.3, 0.4) is 0 Å². The Morgan fingerprint density at radius 2 is 1.92 bits per heavy atom. The van der Waals surface area contributed by atoms with Crippen LogP contribution in [0.5, 0.6) is 0 Å². The molecule has 0 spiro atoms. The molecule has 0 unspecified atom stereocenters. The van der Waals surface area contributed by atoms with Crippen LogP contribution >= 0.6 is 15.9 Å². The Hall–Kier alpha value is -3.05. The van der Waals surface area contributed by atoms with Crippen LogP contribution in [0.2, 0.25) is 0 Å². The standard InChI is InChI=1S/C29H34BrN3O6/c1-18(5-3-7-26(36)32-14-4-6-23(32)17-34)29(39)24-15-21(30)10-13-25(24)33(28(29)38)16-20-8-11-22(12-9-20)31-27(37)19(2)35/h3,5,8-13,15,18-19,23,34-35,39H,4,6-7,14,16-17H2,1-2H3,(H,31,37)/b5-3+/t18-,19-,23-,29+/m0/s1. The molecular weight excluding hydrogens is 566 g/mol. The smallest absolute Gasteiger partial charge is 0.264 e. The number of likely N-dealkylation sites (tertiary alicyclic amines) is 1. The van der Waals surface area contributed by atoms with Crippen molar-refractivity contribution >= 4 is 45.0 Å². The highest BCUT2D eigenvalue weighted by molar-refractivity contribution is 9.10. The second-order valence-corrected chi connectivity index (χ2v) is 11.1. The molecule has 1 fully saturated rings. The largest absolute Gasteiger partial charge is 0.394 e. The van der Waals surface area contributed by atoms with Crippen LogP contribution in [-0.4, -0.2) is 63.2 Å². The van der Waals surface area contributed by atoms with Gasteiger partial charge in [-0.05, 0) is 55.7 Å². The quantitative estimate of drug-likeness (QED) is 0.328. The van der Waals surface area contributed by atoms with Gasteiger partial charge in [-0.3, -0.25) is 14.4 Å². The van der Waals surface area contributed by atoms with E-state index < -0.39 is 29.4 Å². The van der Waals surface area contributed by atoms with Crippen molar-refractivity contribution in [3.8, 4) is 0 Å². The third kappa shape index (κ3) is 5.94. The minimum absolute atomic E-state index is 0.0547. The number of aliphatic hydroxyl groups excluding tert-OH is 2. The molecule has 0 aliphatic carbocycles. The SMILES string of the molecule is C[C@H](O)C(=O)Nc1ccc(CN2C(=O)[C@@](O)([C@@H](C)/C=C/CC(=O)N3CCC[C@H]3CO)c3cc(Br)ccc32)cc1. The molecule has 4 rings (SSSR count). The van der Waals surface area contributed by atoms with Crippen molar-refractivity contribution in [3.63, 3.8) is 0 Å². The third-order valence-electron chi connectivity index (χ3n) is 7.46. The molecule has 2 aliphatic heterocycles. The van der Waals surface area contributed by atoms with Crippen molar-refractivity contribution in [3.05, 3.63) is 70.2 Å². The minimum atomic E-state index is -1.83. The number of carbonyl (C=O) groups is 3. The molecule has 0 bridgehead atoms. The summed E-state index contributed by atoms with van der Waals surface area (Å²) >= 11 is 3.45. The molecule has 0 radical (unpaired) electrons. The number of hydrogen-bond donors (Lipinski definition) is 4. The topological polar surface area (TPSA) is 130 Å². The number of nitrogens with one attached hydrogen (secondary N) is 1. The molecule has 2 heterocycles. The van der Waals surface area contributed by atoms with Gasteiger partial charge >= 0.3 is 0 Å². The first-order valence-corrected chi connectivity index (χ1v) is 13.8. The van der Waals surface area contributed by atoms with Crippen LogP contribution in [-0.2, 0) is 26.5 Å². The number of nitrogens with zero attached hydrogens (tertiary/aromatic N) is 2. The van der Waals surface area contributed by atoms with Gasteiger partial charge in [0.2, 0.25) is 5.91 Å². The van der Waals surface area contributed by atoms with E-state index in [2.05, 4.69) is 21.2 Å². The average molecular weight is 601 g/mol. The van der Waals surface area contributed by atoms with Gasteiger partial charge in [0.15, 0.2) is 5.60 Å². The van der Waals surface area contributed by atoms with Crippen molar-refractivity contribution in [1.29, 1.82) is 0 Å². The lowest BCUT2D eigenvalue weighted by Crippen LogP contribution is -2.44. The number of aliphatic hydroxyl groups is 3. The summed E-state index contributed by atoms with van der Waals surface area (Å²) in [7, 11) is 0. The van der Waals surface area contributed by atoms with Gasteiger partial charge in [0, 0.05) is 34.6 Å². The van der Waals surface area contributed by atoms with E-state index >= 15 is 0 Å². The molecule has 2 aromatic carbocycles. The maximum atomic E-state index is 13.8. The van der Waals surface area contributed by atoms with Gasteiger partial charge in [-0.25, -0.2) is 0 Å². The van der Waals surface area contributed by atoms with Crippen LogP contribution in [0.4, 0.5) is 11.4 Å². The molecule has 0 saturated carbocycles. The van der Waals surface area contributed by atoms with Gasteiger partial charge in [-0.15, -0.1) is 0 Å². The van der Waals surface area contributed by atoms with E-state index in [-0.39, 0.29) is 31.5 Å². The van der Waals surface area contributed by atoms with Gasteiger partial charge in [-0.1, -0.05) is 47.1 Å². The molecule has 39 heavy (non-hydrogen) atoms. The second-order valence-electron chi connectivity index (χ2n) is 10.2. The Bertz CT molecular complexity index is 1260. The Kier molecular flexibility index (Phi) is 8.90. The van der Waals surface area contributed by atoms with Crippen LogP contribution < -0.4 is 10.2 Å². The third-order valence-corrected chi connectivity index (χ3v) is 7.95. The molecule has 4 N–H and O–H groups in total. The van der Waals surface area contributed by atoms with E-state index in [9.17, 15) is 29.7 Å². The van der Waals surface area contributed by atoms with Crippen LogP contribution in [0.25, 0.3) is 0 Å². The predicted molar refractivity (Wildman–Crippen MR) is 151 cm³/mol. The molecule has 2 aliphatic rings. The number of carbonyl (C=O) groups excluding carboxylic acids is 3. The van der Waals surface area contributed by atoms with Crippen LogP contribution in [0.15, 0.2) is 59.1 Å². The van der Waals surface area contributed by atoms with Crippen molar-refractivity contribution in [2.24, 2.45) is 5.92 Å². The number of anilines is 2. The molecule has 10 heteroatoms. The molecule has 3 amide bonds. The van der Waals surface area contributed by atoms with Crippen molar-refractivity contribution in [2.45, 2.75) is 57.4 Å². The van der Waals surface area contributed by atoms with E-state index in [1.165, 1.54) is 11.8 Å². The average Bonchev–Trinajstić information content (AvgIpc) is 3.47. The highest BCUT2D eigenvalue weighted by atomic mass is 79.9. The lowest BCUT2D eigenvalue weighted by atomic mass is 9.83. The van der Waals surface area contributed by atoms with Gasteiger partial charge in [0.05, 0.1) is 24.9 Å². The monoisotopic (exact) mass is 599 g/mol. The van der Waals surface area contributed by atoms with E-state index in [1.54, 1.807) is 60.4 Å². The Morgan fingerprint density at radius 1 is 1.21 bits per heavy atom. The highest BCUT2D eigenvalue weighted by Gasteiger charge is 2.52. The Labute approximate surface area is 236 Å². The number of benzene rings is 2. The summed E-state index contributed by atoms with van der Waals surface area (Å²) in [5, 5.41) is 33.4. The van der Waals surface area contributed by atoms with Gasteiger partial charge < -0.3 is 30.4 Å². The Morgan fingerprint density at radius 3 is 2.59 bits per heavy atom. The minimum Gasteiger partial charge on any atom is -0.394 e. The first kappa shape index (κ1) is 28.9. The van der Waals surface area contributed by atoms with Crippen LogP contribution in [0.1, 0.15) is 44.2 Å². The van der Waals surface area contributed by atoms with Gasteiger partial charge in [0.25, 0.3) is 11.8 Å². The molecule has 2 aromatic rings. The summed E-state index contributed by atoms with van der Waals surface area (Å²) in [6, 6.07) is 12.1. The first-order chi connectivity index (χ1) is 18.6. The Balaban J connectivity index is 1.51. The normalized spacial score (nSPS) is 22.3. The summed E-state index contributed by atoms with van der Waals surface area (Å²) in [6.45, 7) is 3.90. The van der Waals surface area contributed by atoms with Crippen LogP contribution in [0, 0.1) is 5.92 Å². The van der Waals surface area contributed by atoms with E-state index in [0.717, 1.165) is 22.9 Å². The molecular formula is C29H34BrN3O6. The fraction of sp³-hybridized carbons (Fsp3) is 0.414. The summed E-state index contributed by atoms with van der Waals surface area (Å²) < 4.78 is 0.725. The lowest BCUT2D eigenvalue weighted by Gasteiger charge is -2.28. The maximum absolute atomic E-state index is 13.8. The number of hydrogen-bond acceptors (Lipinski definition) is 6.